The lowest BCUT2D eigenvalue weighted by Gasteiger charge is -2.10. The van der Waals surface area contributed by atoms with Crippen LogP contribution in [0.4, 0.5) is 0 Å². The maximum absolute atomic E-state index is 5.30. The first-order chi connectivity index (χ1) is 7.26. The summed E-state index contributed by atoms with van der Waals surface area (Å²) in [5, 5.41) is 0.697. The summed E-state index contributed by atoms with van der Waals surface area (Å²) in [4.78, 5) is 0. The molecule has 1 aromatic rings. The zero-order chi connectivity index (χ0) is 10.8. The number of hydrogen-bond donors (Lipinski definition) is 0. The Kier molecular flexibility index (Phi) is 2.86. The van der Waals surface area contributed by atoms with Crippen LogP contribution in [0.25, 0.3) is 5.57 Å². The molecule has 0 spiro atoms. The minimum Gasteiger partial charge on any atom is -0.496 e. The van der Waals surface area contributed by atoms with E-state index in [-0.39, 0.29) is 6.79 Å². The quantitative estimate of drug-likeness (QED) is 0.791. The monoisotopic (exact) mass is 270 g/mol. The molecular weight excluding hydrogens is 260 g/mol. The second kappa shape index (κ2) is 4.14. The Morgan fingerprint density at radius 1 is 1.47 bits per heavy atom. The van der Waals surface area contributed by atoms with Crippen molar-refractivity contribution < 1.29 is 14.2 Å². The van der Waals surface area contributed by atoms with E-state index in [1.54, 1.807) is 7.11 Å². The van der Waals surface area contributed by atoms with Crippen LogP contribution in [0.3, 0.4) is 0 Å². The van der Waals surface area contributed by atoms with Gasteiger partial charge in [-0.1, -0.05) is 22.5 Å². The molecule has 0 amide bonds. The van der Waals surface area contributed by atoms with Gasteiger partial charge in [-0.25, -0.2) is 0 Å². The second-order valence-electron chi connectivity index (χ2n) is 3.14. The van der Waals surface area contributed by atoms with Gasteiger partial charge in [0.15, 0.2) is 11.5 Å². The van der Waals surface area contributed by atoms with E-state index >= 15 is 0 Å². The fourth-order valence-electron chi connectivity index (χ4n) is 1.44. The number of benzene rings is 1. The fourth-order valence-corrected chi connectivity index (χ4v) is 1.74. The Morgan fingerprint density at radius 3 is 2.73 bits per heavy atom. The minimum atomic E-state index is 0.267. The van der Waals surface area contributed by atoms with Crippen LogP contribution in [0, 0.1) is 0 Å². The van der Waals surface area contributed by atoms with Gasteiger partial charge >= 0.3 is 0 Å². The minimum absolute atomic E-state index is 0.267. The Labute approximate surface area is 96.8 Å². The predicted molar refractivity (Wildman–Crippen MR) is 61.9 cm³/mol. The lowest BCUT2D eigenvalue weighted by molar-refractivity contribution is 0.174. The first-order valence-corrected chi connectivity index (χ1v) is 5.60. The molecule has 0 fully saturated rings. The van der Waals surface area contributed by atoms with Gasteiger partial charge in [0.2, 0.25) is 6.79 Å². The SMILES string of the molecule is C=C(CBr)c1cc2c(cc1OC)OCO2. The molecule has 0 unspecified atom stereocenters. The molecule has 0 N–H and O–H groups in total. The number of allylic oxidation sites excluding steroid dienone is 1. The van der Waals surface area contributed by atoms with Crippen LogP contribution in [0.5, 0.6) is 17.2 Å². The number of methoxy groups -OCH3 is 1. The zero-order valence-electron chi connectivity index (χ0n) is 8.38. The number of fused-ring (bicyclic) bond motifs is 1. The molecule has 15 heavy (non-hydrogen) atoms. The molecule has 80 valence electrons. The maximum Gasteiger partial charge on any atom is 0.231 e. The number of alkyl halides is 1. The molecule has 1 aromatic carbocycles. The zero-order valence-corrected chi connectivity index (χ0v) is 9.96. The van der Waals surface area contributed by atoms with Crippen molar-refractivity contribution in [2.24, 2.45) is 0 Å². The molecule has 0 atom stereocenters. The highest BCUT2D eigenvalue weighted by Gasteiger charge is 2.18. The van der Waals surface area contributed by atoms with Gasteiger partial charge in [0.1, 0.15) is 5.75 Å². The standard InChI is InChI=1S/C11H11BrO3/c1-7(5-12)8-3-10-11(15-6-14-10)4-9(8)13-2/h3-4H,1,5-6H2,2H3. The molecule has 1 aliphatic heterocycles. The van der Waals surface area contributed by atoms with E-state index in [2.05, 4.69) is 22.5 Å². The summed E-state index contributed by atoms with van der Waals surface area (Å²) in [6.45, 7) is 4.22. The summed E-state index contributed by atoms with van der Waals surface area (Å²) in [5.41, 5.74) is 1.89. The second-order valence-corrected chi connectivity index (χ2v) is 3.70. The molecular formula is C11H11BrO3. The van der Waals surface area contributed by atoms with E-state index in [9.17, 15) is 0 Å². The molecule has 0 saturated carbocycles. The van der Waals surface area contributed by atoms with Crippen LogP contribution in [0.15, 0.2) is 18.7 Å². The maximum atomic E-state index is 5.30. The lowest BCUT2D eigenvalue weighted by Crippen LogP contribution is -1.92. The molecule has 0 bridgehead atoms. The molecule has 0 saturated heterocycles. The topological polar surface area (TPSA) is 27.7 Å². The van der Waals surface area contributed by atoms with E-state index < -0.39 is 0 Å². The molecule has 1 aliphatic rings. The van der Waals surface area contributed by atoms with Crippen LogP contribution in [-0.4, -0.2) is 19.2 Å². The summed E-state index contributed by atoms with van der Waals surface area (Å²) in [6, 6.07) is 3.72. The van der Waals surface area contributed by atoms with Gasteiger partial charge in [0, 0.05) is 17.0 Å². The summed E-state index contributed by atoms with van der Waals surface area (Å²) in [6.07, 6.45) is 0. The van der Waals surface area contributed by atoms with Crippen LogP contribution in [-0.2, 0) is 0 Å². The smallest absolute Gasteiger partial charge is 0.231 e. The van der Waals surface area contributed by atoms with E-state index in [1.165, 1.54) is 0 Å². The molecule has 0 aromatic heterocycles. The van der Waals surface area contributed by atoms with E-state index in [1.807, 2.05) is 12.1 Å². The predicted octanol–water partition coefficient (Wildman–Crippen LogP) is 2.83. The highest BCUT2D eigenvalue weighted by molar-refractivity contribution is 9.09. The molecule has 2 rings (SSSR count). The van der Waals surface area contributed by atoms with E-state index in [0.29, 0.717) is 5.33 Å². The van der Waals surface area contributed by atoms with E-state index in [0.717, 1.165) is 28.4 Å². The fraction of sp³-hybridized carbons (Fsp3) is 0.273. The van der Waals surface area contributed by atoms with Gasteiger partial charge in [-0.15, -0.1) is 0 Å². The number of halogens is 1. The van der Waals surface area contributed by atoms with Crippen molar-refractivity contribution in [1.82, 2.24) is 0 Å². The largest absolute Gasteiger partial charge is 0.496 e. The highest BCUT2D eigenvalue weighted by Crippen LogP contribution is 2.40. The van der Waals surface area contributed by atoms with Gasteiger partial charge in [-0.3, -0.25) is 0 Å². The third-order valence-corrected chi connectivity index (χ3v) is 2.91. The first kappa shape index (κ1) is 10.4. The van der Waals surface area contributed by atoms with Gasteiger partial charge in [0.25, 0.3) is 0 Å². The van der Waals surface area contributed by atoms with Crippen LogP contribution in [0.2, 0.25) is 0 Å². The van der Waals surface area contributed by atoms with Gasteiger partial charge in [-0.05, 0) is 11.6 Å². The van der Waals surface area contributed by atoms with Crippen molar-refractivity contribution in [2.45, 2.75) is 0 Å². The van der Waals surface area contributed by atoms with Gasteiger partial charge in [0.05, 0.1) is 7.11 Å². The van der Waals surface area contributed by atoms with Crippen molar-refractivity contribution in [2.75, 3.05) is 19.2 Å². The van der Waals surface area contributed by atoms with Crippen LogP contribution >= 0.6 is 15.9 Å². The summed E-state index contributed by atoms with van der Waals surface area (Å²) < 4.78 is 15.8. The summed E-state index contributed by atoms with van der Waals surface area (Å²) in [7, 11) is 1.63. The van der Waals surface area contributed by atoms with Gasteiger partial charge in [-0.2, -0.15) is 0 Å². The molecule has 0 radical (unpaired) electrons. The molecule has 3 nitrogen and oxygen atoms in total. The Balaban J connectivity index is 2.48. The van der Waals surface area contributed by atoms with E-state index in [4.69, 9.17) is 14.2 Å². The first-order valence-electron chi connectivity index (χ1n) is 4.48. The summed E-state index contributed by atoms with van der Waals surface area (Å²) >= 11 is 3.37. The van der Waals surface area contributed by atoms with Gasteiger partial charge < -0.3 is 14.2 Å². The normalized spacial score (nSPS) is 12.7. The summed E-state index contributed by atoms with van der Waals surface area (Å²) in [5.74, 6) is 2.22. The van der Waals surface area contributed by atoms with Crippen molar-refractivity contribution in [3.63, 3.8) is 0 Å². The number of ether oxygens (including phenoxy) is 3. The highest BCUT2D eigenvalue weighted by atomic mass is 79.9. The van der Waals surface area contributed by atoms with Crippen LogP contribution < -0.4 is 14.2 Å². The van der Waals surface area contributed by atoms with Crippen molar-refractivity contribution >= 4 is 21.5 Å². The average Bonchev–Trinajstić information content (AvgIpc) is 2.73. The van der Waals surface area contributed by atoms with Crippen LogP contribution in [0.1, 0.15) is 5.56 Å². The third kappa shape index (κ3) is 1.81. The van der Waals surface area contributed by atoms with Crippen molar-refractivity contribution in [1.29, 1.82) is 0 Å². The third-order valence-electron chi connectivity index (χ3n) is 2.24. The molecule has 0 aliphatic carbocycles. The molecule has 1 heterocycles. The lowest BCUT2D eigenvalue weighted by atomic mass is 10.1. The Hall–Kier alpha value is -1.16. The van der Waals surface area contributed by atoms with Crippen molar-refractivity contribution in [3.05, 3.63) is 24.3 Å². The number of hydrogen-bond acceptors (Lipinski definition) is 3. The Morgan fingerprint density at radius 2 is 2.13 bits per heavy atom. The van der Waals surface area contributed by atoms with Crippen molar-refractivity contribution in [3.8, 4) is 17.2 Å². The average molecular weight is 271 g/mol. The number of rotatable bonds is 3. The Bertz CT molecular complexity index is 401. The molecule has 4 heteroatoms.